The lowest BCUT2D eigenvalue weighted by atomic mass is 10.2. The molecule has 1 N–H and O–H groups in total. The van der Waals surface area contributed by atoms with Gasteiger partial charge in [0.2, 0.25) is 0 Å². The van der Waals surface area contributed by atoms with E-state index in [1.165, 1.54) is 0 Å². The number of anilines is 2. The van der Waals surface area contributed by atoms with Crippen LogP contribution in [0.1, 0.15) is 0 Å². The van der Waals surface area contributed by atoms with E-state index in [-0.39, 0.29) is 0 Å². The van der Waals surface area contributed by atoms with Gasteiger partial charge in [0.1, 0.15) is 0 Å². The highest BCUT2D eigenvalue weighted by atomic mass is 35.5. The molecule has 2 aromatic carbocycles. The lowest BCUT2D eigenvalue weighted by Gasteiger charge is -2.29. The van der Waals surface area contributed by atoms with Gasteiger partial charge in [-0.05, 0) is 36.4 Å². The van der Waals surface area contributed by atoms with Gasteiger partial charge in [-0.25, -0.2) is 4.79 Å². The normalized spacial score (nSPS) is 14.4. The van der Waals surface area contributed by atoms with Crippen molar-refractivity contribution in [3.8, 4) is 5.75 Å². The molecule has 0 aliphatic carbocycles. The molecule has 23 heavy (non-hydrogen) atoms. The Morgan fingerprint density at radius 3 is 2.52 bits per heavy atom. The van der Waals surface area contributed by atoms with Crippen LogP contribution in [0.15, 0.2) is 48.5 Å². The number of hydrogen-bond donors (Lipinski definition) is 1. The minimum atomic E-state index is -0.508. The Labute approximate surface area is 144 Å². The van der Waals surface area contributed by atoms with Gasteiger partial charge in [0.15, 0.2) is 5.75 Å². The highest BCUT2D eigenvalue weighted by molar-refractivity contribution is 7.99. The molecule has 0 saturated carbocycles. The van der Waals surface area contributed by atoms with E-state index in [1.807, 2.05) is 36.0 Å². The van der Waals surface area contributed by atoms with E-state index in [0.717, 1.165) is 30.3 Å². The average molecular weight is 349 g/mol. The van der Waals surface area contributed by atoms with Crippen molar-refractivity contribution in [3.63, 3.8) is 0 Å². The van der Waals surface area contributed by atoms with Crippen molar-refractivity contribution >= 4 is 40.8 Å². The SMILES string of the molecule is O=C(Nc1ccc(Cl)cc1)Oc1ccccc1N1CCSCC1. The Hall–Kier alpha value is -1.85. The van der Waals surface area contributed by atoms with Crippen molar-refractivity contribution in [2.24, 2.45) is 0 Å². The van der Waals surface area contributed by atoms with E-state index < -0.39 is 6.09 Å². The van der Waals surface area contributed by atoms with Gasteiger partial charge >= 0.3 is 6.09 Å². The molecule has 1 saturated heterocycles. The fourth-order valence-electron chi connectivity index (χ4n) is 2.39. The zero-order valence-electron chi connectivity index (χ0n) is 12.5. The molecule has 0 spiro atoms. The minimum absolute atomic E-state index is 0.508. The summed E-state index contributed by atoms with van der Waals surface area (Å²) >= 11 is 7.78. The van der Waals surface area contributed by atoms with E-state index in [4.69, 9.17) is 16.3 Å². The summed E-state index contributed by atoms with van der Waals surface area (Å²) in [5.74, 6) is 2.75. The molecular formula is C17H17ClN2O2S. The van der Waals surface area contributed by atoms with Crippen LogP contribution in [0.4, 0.5) is 16.2 Å². The molecule has 120 valence electrons. The molecule has 4 nitrogen and oxygen atoms in total. The monoisotopic (exact) mass is 348 g/mol. The number of nitrogens with zero attached hydrogens (tertiary/aromatic N) is 1. The number of carbonyl (C=O) groups is 1. The molecule has 1 heterocycles. The van der Waals surface area contributed by atoms with E-state index in [1.54, 1.807) is 24.3 Å². The highest BCUT2D eigenvalue weighted by Gasteiger charge is 2.17. The summed E-state index contributed by atoms with van der Waals surface area (Å²) in [6, 6.07) is 14.5. The molecule has 3 rings (SSSR count). The van der Waals surface area contributed by atoms with Crippen molar-refractivity contribution < 1.29 is 9.53 Å². The van der Waals surface area contributed by atoms with Crippen LogP contribution in [0.25, 0.3) is 0 Å². The number of thioether (sulfide) groups is 1. The standard InChI is InChI=1S/C17H17ClN2O2S/c18-13-5-7-14(8-6-13)19-17(21)22-16-4-2-1-3-15(16)20-9-11-23-12-10-20/h1-8H,9-12H2,(H,19,21). The Kier molecular flexibility index (Phi) is 5.31. The smallest absolute Gasteiger partial charge is 0.408 e. The lowest BCUT2D eigenvalue weighted by molar-refractivity contribution is 0.215. The average Bonchev–Trinajstić information content (AvgIpc) is 2.58. The molecule has 0 aromatic heterocycles. The van der Waals surface area contributed by atoms with Crippen LogP contribution in [0, 0.1) is 0 Å². The summed E-state index contributed by atoms with van der Waals surface area (Å²) in [7, 11) is 0. The van der Waals surface area contributed by atoms with Crippen LogP contribution in [-0.4, -0.2) is 30.7 Å². The number of para-hydroxylation sites is 2. The van der Waals surface area contributed by atoms with E-state index in [9.17, 15) is 4.79 Å². The van der Waals surface area contributed by atoms with Crippen molar-refractivity contribution in [2.45, 2.75) is 0 Å². The van der Waals surface area contributed by atoms with Gasteiger partial charge in [-0.3, -0.25) is 5.32 Å². The Morgan fingerprint density at radius 1 is 1.09 bits per heavy atom. The third-order valence-corrected chi connectivity index (χ3v) is 4.70. The van der Waals surface area contributed by atoms with Crippen LogP contribution in [0.5, 0.6) is 5.75 Å². The first-order valence-corrected chi connectivity index (χ1v) is 8.92. The predicted octanol–water partition coefficient (Wildman–Crippen LogP) is 4.50. The summed E-state index contributed by atoms with van der Waals surface area (Å²) in [6.45, 7) is 1.92. The largest absolute Gasteiger partial charge is 0.417 e. The molecule has 6 heteroatoms. The Morgan fingerprint density at radius 2 is 1.78 bits per heavy atom. The third kappa shape index (κ3) is 4.33. The number of benzene rings is 2. The summed E-state index contributed by atoms with van der Waals surface area (Å²) in [5, 5.41) is 3.33. The summed E-state index contributed by atoms with van der Waals surface area (Å²) in [5.41, 5.74) is 1.60. The van der Waals surface area contributed by atoms with Gasteiger partial charge in [-0.1, -0.05) is 23.7 Å². The van der Waals surface area contributed by atoms with Gasteiger partial charge in [0, 0.05) is 35.3 Å². The third-order valence-electron chi connectivity index (χ3n) is 3.51. The number of halogens is 1. The maximum absolute atomic E-state index is 12.1. The molecule has 2 aromatic rings. The van der Waals surface area contributed by atoms with Crippen molar-refractivity contribution in [1.29, 1.82) is 0 Å². The summed E-state index contributed by atoms with van der Waals surface area (Å²) in [6.07, 6.45) is -0.508. The maximum atomic E-state index is 12.1. The minimum Gasteiger partial charge on any atom is -0.408 e. The molecule has 0 radical (unpaired) electrons. The van der Waals surface area contributed by atoms with Gasteiger partial charge in [0.05, 0.1) is 5.69 Å². The fourth-order valence-corrected chi connectivity index (χ4v) is 3.41. The van der Waals surface area contributed by atoms with E-state index >= 15 is 0 Å². The van der Waals surface area contributed by atoms with E-state index in [0.29, 0.717) is 16.5 Å². The zero-order chi connectivity index (χ0) is 16.1. The second-order valence-corrected chi connectivity index (χ2v) is 6.75. The van der Waals surface area contributed by atoms with Crippen LogP contribution in [0.2, 0.25) is 5.02 Å². The summed E-state index contributed by atoms with van der Waals surface area (Å²) < 4.78 is 5.50. The second-order valence-electron chi connectivity index (χ2n) is 5.09. The van der Waals surface area contributed by atoms with Gasteiger partial charge in [0.25, 0.3) is 0 Å². The lowest BCUT2D eigenvalue weighted by Crippen LogP contribution is -2.33. The van der Waals surface area contributed by atoms with Crippen molar-refractivity contribution in [2.75, 3.05) is 34.8 Å². The number of carbonyl (C=O) groups excluding carboxylic acids is 1. The van der Waals surface area contributed by atoms with Crippen LogP contribution >= 0.6 is 23.4 Å². The molecule has 1 amide bonds. The topological polar surface area (TPSA) is 41.6 Å². The molecule has 1 aliphatic rings. The van der Waals surface area contributed by atoms with Crippen molar-refractivity contribution in [1.82, 2.24) is 0 Å². The quantitative estimate of drug-likeness (QED) is 0.886. The number of ether oxygens (including phenoxy) is 1. The van der Waals surface area contributed by atoms with Crippen molar-refractivity contribution in [3.05, 3.63) is 53.6 Å². The van der Waals surface area contributed by atoms with Crippen LogP contribution in [-0.2, 0) is 0 Å². The van der Waals surface area contributed by atoms with Gasteiger partial charge in [-0.15, -0.1) is 0 Å². The Balaban J connectivity index is 1.69. The van der Waals surface area contributed by atoms with Gasteiger partial charge < -0.3 is 9.64 Å². The number of hydrogen-bond acceptors (Lipinski definition) is 4. The molecule has 0 unspecified atom stereocenters. The second kappa shape index (κ2) is 7.62. The maximum Gasteiger partial charge on any atom is 0.417 e. The molecule has 0 bridgehead atoms. The van der Waals surface area contributed by atoms with E-state index in [2.05, 4.69) is 10.2 Å². The molecule has 0 atom stereocenters. The Bertz CT molecular complexity index is 673. The van der Waals surface area contributed by atoms with Crippen LogP contribution in [0.3, 0.4) is 0 Å². The van der Waals surface area contributed by atoms with Gasteiger partial charge in [-0.2, -0.15) is 11.8 Å². The molecule has 1 fully saturated rings. The van der Waals surface area contributed by atoms with Crippen LogP contribution < -0.4 is 15.0 Å². The number of amides is 1. The zero-order valence-corrected chi connectivity index (χ0v) is 14.1. The number of nitrogens with one attached hydrogen (secondary N) is 1. The first kappa shape index (κ1) is 16.0. The number of rotatable bonds is 3. The first-order chi connectivity index (χ1) is 11.2. The molecular weight excluding hydrogens is 332 g/mol. The first-order valence-electron chi connectivity index (χ1n) is 7.38. The predicted molar refractivity (Wildman–Crippen MR) is 97.1 cm³/mol. The molecule has 1 aliphatic heterocycles. The summed E-state index contributed by atoms with van der Waals surface area (Å²) in [4.78, 5) is 14.4. The fraction of sp³-hybridized carbons (Fsp3) is 0.235. The highest BCUT2D eigenvalue weighted by Crippen LogP contribution is 2.30.